The second-order valence-corrected chi connectivity index (χ2v) is 9.45. The quantitative estimate of drug-likeness (QED) is 0.414. The number of carbonyl (C=O) groups excluding carboxylic acids is 2. The Morgan fingerprint density at radius 3 is 2.23 bits per heavy atom. The van der Waals surface area contributed by atoms with Gasteiger partial charge in [0.15, 0.2) is 6.10 Å². The minimum atomic E-state index is -1.46. The molecule has 2 aromatic carbocycles. The Kier molecular flexibility index (Phi) is 8.02. The molecule has 4 N–H and O–H groups in total. The molecule has 35 heavy (non-hydrogen) atoms. The molecular formula is C27H32N2O6. The van der Waals surface area contributed by atoms with E-state index in [9.17, 15) is 19.5 Å². The SMILES string of the molecule is O=C(CC1CCC(CNC(=O)OCC2c3ccccc3-c3ccccc32)C1)NCCC(O)C(=O)O. The molecule has 2 aliphatic carbocycles. The van der Waals surface area contributed by atoms with Gasteiger partial charge in [-0.05, 0) is 53.4 Å². The lowest BCUT2D eigenvalue weighted by molar-refractivity contribution is -0.147. The van der Waals surface area contributed by atoms with Crippen molar-refractivity contribution in [2.75, 3.05) is 19.7 Å². The van der Waals surface area contributed by atoms with E-state index in [-0.39, 0.29) is 37.3 Å². The molecule has 2 amide bonds. The molecule has 8 nitrogen and oxygen atoms in total. The van der Waals surface area contributed by atoms with Crippen molar-refractivity contribution in [2.24, 2.45) is 11.8 Å². The molecule has 0 aromatic heterocycles. The van der Waals surface area contributed by atoms with Gasteiger partial charge in [0.25, 0.3) is 0 Å². The van der Waals surface area contributed by atoms with Gasteiger partial charge in [-0.3, -0.25) is 4.79 Å². The van der Waals surface area contributed by atoms with Crippen LogP contribution in [0.3, 0.4) is 0 Å². The van der Waals surface area contributed by atoms with Crippen LogP contribution in [0.1, 0.15) is 49.1 Å². The van der Waals surface area contributed by atoms with Crippen LogP contribution in [0, 0.1) is 11.8 Å². The van der Waals surface area contributed by atoms with Gasteiger partial charge in [0.1, 0.15) is 6.61 Å². The third-order valence-electron chi connectivity index (χ3n) is 7.03. The summed E-state index contributed by atoms with van der Waals surface area (Å²) in [4.78, 5) is 35.1. The van der Waals surface area contributed by atoms with Gasteiger partial charge in [-0.25, -0.2) is 9.59 Å². The summed E-state index contributed by atoms with van der Waals surface area (Å²) in [5.74, 6) is -0.880. The highest BCUT2D eigenvalue weighted by Crippen LogP contribution is 2.44. The lowest BCUT2D eigenvalue weighted by Gasteiger charge is -2.16. The van der Waals surface area contributed by atoms with Gasteiger partial charge >= 0.3 is 12.1 Å². The lowest BCUT2D eigenvalue weighted by Crippen LogP contribution is -2.31. The molecular weight excluding hydrogens is 448 g/mol. The van der Waals surface area contributed by atoms with Gasteiger partial charge in [-0.1, -0.05) is 48.5 Å². The highest BCUT2D eigenvalue weighted by atomic mass is 16.5. The normalized spacial score (nSPS) is 19.5. The molecule has 1 saturated carbocycles. The number of alkyl carbamates (subject to hydrolysis) is 1. The third-order valence-corrected chi connectivity index (χ3v) is 7.03. The molecule has 0 heterocycles. The van der Waals surface area contributed by atoms with Crippen molar-refractivity contribution in [3.05, 3.63) is 59.7 Å². The van der Waals surface area contributed by atoms with E-state index in [0.29, 0.717) is 18.9 Å². The molecule has 0 bridgehead atoms. The molecule has 0 spiro atoms. The number of aliphatic hydroxyl groups excluding tert-OH is 1. The number of amides is 2. The molecule has 2 aromatic rings. The second kappa shape index (κ2) is 11.4. The van der Waals surface area contributed by atoms with E-state index in [1.54, 1.807) is 0 Å². The maximum atomic E-state index is 12.4. The number of aliphatic carboxylic acids is 1. The van der Waals surface area contributed by atoms with E-state index in [4.69, 9.17) is 9.84 Å². The number of carboxylic acids is 1. The fourth-order valence-corrected chi connectivity index (χ4v) is 5.23. The summed E-state index contributed by atoms with van der Waals surface area (Å²) in [5.41, 5.74) is 4.74. The Hall–Kier alpha value is -3.39. The molecule has 3 unspecified atom stereocenters. The number of carboxylic acid groups (broad SMARTS) is 1. The van der Waals surface area contributed by atoms with E-state index in [1.165, 1.54) is 22.3 Å². The number of rotatable bonds is 10. The zero-order valence-corrected chi connectivity index (χ0v) is 19.6. The highest BCUT2D eigenvalue weighted by molar-refractivity contribution is 5.79. The van der Waals surface area contributed by atoms with Crippen molar-refractivity contribution in [1.29, 1.82) is 0 Å². The van der Waals surface area contributed by atoms with Crippen LogP contribution in [0.5, 0.6) is 0 Å². The monoisotopic (exact) mass is 480 g/mol. The first-order chi connectivity index (χ1) is 16.9. The van der Waals surface area contributed by atoms with Gasteiger partial charge in [0.2, 0.25) is 5.91 Å². The number of hydrogen-bond donors (Lipinski definition) is 4. The number of hydrogen-bond acceptors (Lipinski definition) is 5. The van der Waals surface area contributed by atoms with Gasteiger partial charge in [-0.2, -0.15) is 0 Å². The van der Waals surface area contributed by atoms with Crippen LogP contribution < -0.4 is 10.6 Å². The summed E-state index contributed by atoms with van der Waals surface area (Å²) in [7, 11) is 0. The van der Waals surface area contributed by atoms with Crippen LogP contribution in [-0.2, 0) is 14.3 Å². The molecule has 0 aliphatic heterocycles. The summed E-state index contributed by atoms with van der Waals surface area (Å²) in [6, 6.07) is 16.4. The van der Waals surface area contributed by atoms with Gasteiger partial charge in [0.05, 0.1) is 0 Å². The summed E-state index contributed by atoms with van der Waals surface area (Å²) in [6.07, 6.45) is 1.14. The predicted octanol–water partition coefficient (Wildman–Crippen LogP) is 3.28. The van der Waals surface area contributed by atoms with Crippen molar-refractivity contribution in [3.8, 4) is 11.1 Å². The van der Waals surface area contributed by atoms with Gasteiger partial charge < -0.3 is 25.6 Å². The first-order valence-corrected chi connectivity index (χ1v) is 12.2. The van der Waals surface area contributed by atoms with E-state index in [1.807, 2.05) is 24.3 Å². The molecule has 2 aliphatic rings. The molecule has 1 fully saturated rings. The maximum Gasteiger partial charge on any atom is 0.407 e. The Labute approximate surface area is 204 Å². The summed E-state index contributed by atoms with van der Waals surface area (Å²) >= 11 is 0. The minimum Gasteiger partial charge on any atom is -0.479 e. The standard InChI is InChI=1S/C27H32N2O6/c30-24(26(32)33)11-12-28-25(31)14-17-9-10-18(13-17)15-29-27(34)35-16-23-21-7-3-1-5-19(21)20-6-2-4-8-22(20)23/h1-8,17-18,23-24,30H,9-16H2,(H,28,31)(H,29,34)(H,32,33). The summed E-state index contributed by atoms with van der Waals surface area (Å²) < 4.78 is 5.59. The van der Waals surface area contributed by atoms with Crippen molar-refractivity contribution >= 4 is 18.0 Å². The van der Waals surface area contributed by atoms with Crippen LogP contribution in [0.25, 0.3) is 11.1 Å². The van der Waals surface area contributed by atoms with Crippen LogP contribution in [0.15, 0.2) is 48.5 Å². The number of fused-ring (bicyclic) bond motifs is 3. The first-order valence-electron chi connectivity index (χ1n) is 12.2. The van der Waals surface area contributed by atoms with Gasteiger partial charge in [0, 0.05) is 31.8 Å². The van der Waals surface area contributed by atoms with Crippen molar-refractivity contribution in [2.45, 2.75) is 44.1 Å². The molecule has 8 heteroatoms. The zero-order chi connectivity index (χ0) is 24.8. The molecule has 0 saturated heterocycles. The Balaban J connectivity index is 1.17. The molecule has 186 valence electrons. The Bertz CT molecular complexity index is 1030. The van der Waals surface area contributed by atoms with Crippen LogP contribution in [-0.4, -0.2) is 54.0 Å². The summed E-state index contributed by atoms with van der Waals surface area (Å²) in [5, 5.41) is 23.5. The van der Waals surface area contributed by atoms with Gasteiger partial charge in [-0.15, -0.1) is 0 Å². The molecule has 3 atom stereocenters. The number of aliphatic hydroxyl groups is 1. The smallest absolute Gasteiger partial charge is 0.407 e. The number of benzene rings is 2. The number of nitrogens with one attached hydrogen (secondary N) is 2. The fraction of sp³-hybridized carbons (Fsp3) is 0.444. The fourth-order valence-electron chi connectivity index (χ4n) is 5.23. The first kappa shape index (κ1) is 24.7. The molecule has 0 radical (unpaired) electrons. The number of ether oxygens (including phenoxy) is 1. The zero-order valence-electron chi connectivity index (χ0n) is 19.6. The minimum absolute atomic E-state index is 0.0155. The van der Waals surface area contributed by atoms with E-state index >= 15 is 0 Å². The second-order valence-electron chi connectivity index (χ2n) is 9.45. The summed E-state index contributed by atoms with van der Waals surface area (Å²) in [6.45, 7) is 0.926. The largest absolute Gasteiger partial charge is 0.479 e. The van der Waals surface area contributed by atoms with Crippen LogP contribution >= 0.6 is 0 Å². The lowest BCUT2D eigenvalue weighted by atomic mass is 9.98. The third kappa shape index (κ3) is 6.19. The van der Waals surface area contributed by atoms with E-state index < -0.39 is 18.2 Å². The van der Waals surface area contributed by atoms with Crippen LogP contribution in [0.4, 0.5) is 4.79 Å². The van der Waals surface area contributed by atoms with E-state index in [0.717, 1.165) is 19.3 Å². The number of carbonyl (C=O) groups is 3. The Morgan fingerprint density at radius 1 is 0.943 bits per heavy atom. The van der Waals surface area contributed by atoms with Crippen LogP contribution in [0.2, 0.25) is 0 Å². The predicted molar refractivity (Wildman–Crippen MR) is 130 cm³/mol. The van der Waals surface area contributed by atoms with Crippen molar-refractivity contribution in [3.63, 3.8) is 0 Å². The maximum absolute atomic E-state index is 12.4. The molecule has 4 rings (SSSR count). The topological polar surface area (TPSA) is 125 Å². The highest BCUT2D eigenvalue weighted by Gasteiger charge is 2.30. The van der Waals surface area contributed by atoms with E-state index in [2.05, 4.69) is 34.9 Å². The Morgan fingerprint density at radius 2 is 1.57 bits per heavy atom. The average molecular weight is 481 g/mol. The van der Waals surface area contributed by atoms with Crippen molar-refractivity contribution in [1.82, 2.24) is 10.6 Å². The van der Waals surface area contributed by atoms with Crippen molar-refractivity contribution < 1.29 is 29.3 Å². The average Bonchev–Trinajstić information content (AvgIpc) is 3.43.